The fourth-order valence-corrected chi connectivity index (χ4v) is 11.4. The van der Waals surface area contributed by atoms with Gasteiger partial charge in [-0.15, -0.1) is 0 Å². The third kappa shape index (κ3) is 5.11. The molecule has 0 radical (unpaired) electrons. The Hall–Kier alpha value is -8.54. The molecule has 14 rings (SSSR count). The summed E-state index contributed by atoms with van der Waals surface area (Å²) >= 11 is 0. The summed E-state index contributed by atoms with van der Waals surface area (Å²) in [6, 6.07) is 76.8. The molecule has 0 aliphatic heterocycles. The van der Waals surface area contributed by atoms with Crippen LogP contribution in [0.2, 0.25) is 0 Å². The van der Waals surface area contributed by atoms with Crippen LogP contribution in [0.4, 0.5) is 0 Å². The van der Waals surface area contributed by atoms with Crippen molar-refractivity contribution in [1.29, 1.82) is 0 Å². The maximum Gasteiger partial charge on any atom is 0.235 e. The molecule has 5 nitrogen and oxygen atoms in total. The minimum atomic E-state index is -0.275. The van der Waals surface area contributed by atoms with Gasteiger partial charge in [0.25, 0.3) is 0 Å². The van der Waals surface area contributed by atoms with E-state index in [4.69, 9.17) is 9.97 Å². The Bertz CT molecular complexity index is 4120. The summed E-state index contributed by atoms with van der Waals surface area (Å²) in [6.07, 6.45) is 0. The van der Waals surface area contributed by atoms with E-state index in [1.807, 2.05) is 0 Å². The minimum absolute atomic E-state index is 0.275. The van der Waals surface area contributed by atoms with Gasteiger partial charge in [0.15, 0.2) is 0 Å². The molecule has 66 heavy (non-hydrogen) atoms. The summed E-state index contributed by atoms with van der Waals surface area (Å²) in [5, 5.41) is 7.12. The maximum atomic E-state index is 5.50. The number of nitrogens with zero attached hydrogens (tertiary/aromatic N) is 5. The van der Waals surface area contributed by atoms with Crippen molar-refractivity contribution in [2.45, 2.75) is 19.3 Å². The maximum absolute atomic E-state index is 5.50. The molecular weight excluding hydrogens is 803 g/mol. The highest BCUT2D eigenvalue weighted by Crippen LogP contribution is 2.56. The molecule has 0 bridgehead atoms. The SMILES string of the molecule is CC1(C)c2ccccc2-c2c1c1c3c4cc(-c5ccc6c(c5)c5ccccc5n6-c5ccccc5)ccc4n(-c4nc(-c5ccccc5)c5ccccc5n4)c3ccc1n2-c1ccccc1. The molecule has 4 heterocycles. The van der Waals surface area contributed by atoms with Crippen molar-refractivity contribution in [2.24, 2.45) is 0 Å². The Morgan fingerprint density at radius 3 is 1.67 bits per heavy atom. The molecule has 1 aliphatic carbocycles. The van der Waals surface area contributed by atoms with Crippen molar-refractivity contribution < 1.29 is 0 Å². The van der Waals surface area contributed by atoms with Crippen molar-refractivity contribution in [2.75, 3.05) is 0 Å². The van der Waals surface area contributed by atoms with Gasteiger partial charge >= 0.3 is 0 Å². The molecule has 5 heteroatoms. The first-order valence-electron chi connectivity index (χ1n) is 22.8. The molecule has 13 aromatic rings. The zero-order valence-corrected chi connectivity index (χ0v) is 36.4. The Labute approximate surface area is 381 Å². The van der Waals surface area contributed by atoms with Crippen LogP contribution < -0.4 is 0 Å². The molecule has 310 valence electrons. The predicted molar refractivity (Wildman–Crippen MR) is 273 cm³/mol. The van der Waals surface area contributed by atoms with E-state index in [0.29, 0.717) is 5.95 Å². The fourth-order valence-electron chi connectivity index (χ4n) is 11.4. The molecule has 0 amide bonds. The van der Waals surface area contributed by atoms with E-state index in [1.165, 1.54) is 66.0 Å². The molecule has 1 aliphatic rings. The first kappa shape index (κ1) is 36.9. The number of para-hydroxylation sites is 4. The van der Waals surface area contributed by atoms with E-state index in [2.05, 4.69) is 240 Å². The van der Waals surface area contributed by atoms with Crippen LogP contribution in [0.15, 0.2) is 212 Å². The summed E-state index contributed by atoms with van der Waals surface area (Å²) in [5.74, 6) is 0.650. The molecule has 0 unspecified atom stereocenters. The van der Waals surface area contributed by atoms with Gasteiger partial charge in [-0.25, -0.2) is 9.97 Å². The van der Waals surface area contributed by atoms with E-state index in [-0.39, 0.29) is 5.41 Å². The smallest absolute Gasteiger partial charge is 0.235 e. The van der Waals surface area contributed by atoms with Crippen molar-refractivity contribution in [1.82, 2.24) is 23.7 Å². The average molecular weight is 844 g/mol. The number of hydrogen-bond donors (Lipinski definition) is 0. The highest BCUT2D eigenvalue weighted by molar-refractivity contribution is 6.25. The van der Waals surface area contributed by atoms with Crippen LogP contribution in [-0.4, -0.2) is 23.7 Å². The molecule has 4 aromatic heterocycles. The van der Waals surface area contributed by atoms with Crippen LogP contribution in [0.3, 0.4) is 0 Å². The lowest BCUT2D eigenvalue weighted by Gasteiger charge is -2.21. The topological polar surface area (TPSA) is 40.6 Å². The molecule has 0 fully saturated rings. The first-order chi connectivity index (χ1) is 32.5. The highest BCUT2D eigenvalue weighted by atomic mass is 15.2. The molecular formula is C61H41N5. The van der Waals surface area contributed by atoms with E-state index in [1.54, 1.807) is 0 Å². The largest absolute Gasteiger partial charge is 0.309 e. The van der Waals surface area contributed by atoms with Crippen molar-refractivity contribution in [3.63, 3.8) is 0 Å². The van der Waals surface area contributed by atoms with Gasteiger partial charge in [0, 0.05) is 60.2 Å². The number of hydrogen-bond acceptors (Lipinski definition) is 2. The second-order valence-electron chi connectivity index (χ2n) is 18.2. The van der Waals surface area contributed by atoms with Gasteiger partial charge in [-0.2, -0.15) is 0 Å². The average Bonchev–Trinajstić information content (AvgIpc) is 4.08. The van der Waals surface area contributed by atoms with Crippen LogP contribution in [0.25, 0.3) is 116 Å². The fraction of sp³-hybridized carbons (Fsp3) is 0.0492. The minimum Gasteiger partial charge on any atom is -0.309 e. The zero-order chi connectivity index (χ0) is 43.7. The summed E-state index contributed by atoms with van der Waals surface area (Å²) in [5.41, 5.74) is 18.2. The Kier molecular flexibility index (Phi) is 7.68. The van der Waals surface area contributed by atoms with Gasteiger partial charge < -0.3 is 9.13 Å². The quantitative estimate of drug-likeness (QED) is 0.173. The van der Waals surface area contributed by atoms with Gasteiger partial charge in [0.2, 0.25) is 5.95 Å². The molecule has 0 saturated carbocycles. The van der Waals surface area contributed by atoms with Crippen molar-refractivity contribution >= 4 is 65.4 Å². The van der Waals surface area contributed by atoms with Gasteiger partial charge in [-0.05, 0) is 95.1 Å². The van der Waals surface area contributed by atoms with Gasteiger partial charge in [-0.3, -0.25) is 4.57 Å². The predicted octanol–water partition coefficient (Wildman–Crippen LogP) is 15.4. The van der Waals surface area contributed by atoms with Gasteiger partial charge in [0.1, 0.15) is 0 Å². The Balaban J connectivity index is 1.11. The number of rotatable bonds is 5. The lowest BCUT2D eigenvalue weighted by molar-refractivity contribution is 0.666. The molecule has 0 saturated heterocycles. The van der Waals surface area contributed by atoms with Gasteiger partial charge in [0.05, 0.1) is 44.5 Å². The summed E-state index contributed by atoms with van der Waals surface area (Å²) in [6.45, 7) is 4.80. The Morgan fingerprint density at radius 2 is 0.924 bits per heavy atom. The van der Waals surface area contributed by atoms with E-state index in [9.17, 15) is 0 Å². The zero-order valence-electron chi connectivity index (χ0n) is 36.4. The molecule has 0 N–H and O–H groups in total. The van der Waals surface area contributed by atoms with Crippen LogP contribution >= 0.6 is 0 Å². The van der Waals surface area contributed by atoms with Crippen LogP contribution in [-0.2, 0) is 5.41 Å². The molecule has 9 aromatic carbocycles. The molecule has 0 spiro atoms. The monoisotopic (exact) mass is 843 g/mol. The standard InChI is InChI=1S/C61H41N5/c1-61(2)48-27-15-12-25-44(48)59-57(61)56-54(65(59)42-22-10-5-11-23-42)35-34-53-55(56)47-37-40(39-30-32-51-46(36-39)43-24-14-17-29-50(43)64(51)41-20-8-4-9-21-41)31-33-52(47)66(53)60-62-49-28-16-13-26-45(49)58(63-60)38-18-6-3-7-19-38/h3-37H,1-2H3. The van der Waals surface area contributed by atoms with Gasteiger partial charge in [-0.1, -0.05) is 153 Å². The summed E-state index contributed by atoms with van der Waals surface area (Å²) in [4.78, 5) is 10.9. The highest BCUT2D eigenvalue weighted by Gasteiger charge is 2.41. The number of benzene rings is 9. The van der Waals surface area contributed by atoms with Crippen LogP contribution in [0.1, 0.15) is 25.0 Å². The van der Waals surface area contributed by atoms with Crippen molar-refractivity contribution in [3.05, 3.63) is 223 Å². The summed E-state index contributed by atoms with van der Waals surface area (Å²) in [7, 11) is 0. The first-order valence-corrected chi connectivity index (χ1v) is 22.8. The second kappa shape index (κ2) is 13.7. The lowest BCUT2D eigenvalue weighted by Crippen LogP contribution is -2.14. The normalized spacial score (nSPS) is 13.1. The van der Waals surface area contributed by atoms with E-state index < -0.39 is 0 Å². The van der Waals surface area contributed by atoms with E-state index >= 15 is 0 Å². The third-order valence-electron chi connectivity index (χ3n) is 14.2. The van der Waals surface area contributed by atoms with Crippen LogP contribution in [0.5, 0.6) is 0 Å². The van der Waals surface area contributed by atoms with Crippen molar-refractivity contribution in [3.8, 4) is 51.0 Å². The number of fused-ring (bicyclic) bond motifs is 13. The molecule has 0 atom stereocenters. The van der Waals surface area contributed by atoms with Crippen LogP contribution in [0, 0.1) is 0 Å². The third-order valence-corrected chi connectivity index (χ3v) is 14.2. The lowest BCUT2D eigenvalue weighted by atomic mass is 9.81. The summed E-state index contributed by atoms with van der Waals surface area (Å²) < 4.78 is 7.19. The van der Waals surface area contributed by atoms with E-state index in [0.717, 1.165) is 55.5 Å². The Morgan fingerprint density at radius 1 is 0.379 bits per heavy atom. The second-order valence-corrected chi connectivity index (χ2v) is 18.2. The number of aromatic nitrogens is 5.